The standard InChI is InChI=1S/C11H17N3O4S2/c1-7(2)8-3-4-13(6-8)20(17,18)10-5-9(14(15)16)11(12)19-10/h5,7-8H,3-4,6,12H2,1-2H3. The van der Waals surface area contributed by atoms with Gasteiger partial charge in [0.05, 0.1) is 4.92 Å². The monoisotopic (exact) mass is 319 g/mol. The van der Waals surface area contributed by atoms with Gasteiger partial charge in [-0.2, -0.15) is 4.31 Å². The van der Waals surface area contributed by atoms with Crippen LogP contribution in [0.5, 0.6) is 0 Å². The average molecular weight is 319 g/mol. The zero-order chi connectivity index (χ0) is 15.1. The highest BCUT2D eigenvalue weighted by molar-refractivity contribution is 7.91. The third-order valence-corrected chi connectivity index (χ3v) is 6.91. The molecule has 2 rings (SSSR count). The van der Waals surface area contributed by atoms with E-state index >= 15 is 0 Å². The van der Waals surface area contributed by atoms with E-state index in [-0.39, 0.29) is 14.9 Å². The molecule has 1 fully saturated rings. The molecule has 0 aromatic carbocycles. The van der Waals surface area contributed by atoms with Crippen molar-refractivity contribution < 1.29 is 13.3 Å². The Balaban J connectivity index is 2.28. The second-order valence-electron chi connectivity index (χ2n) is 5.23. The van der Waals surface area contributed by atoms with Gasteiger partial charge in [0.15, 0.2) is 5.00 Å². The normalized spacial score (nSPS) is 20.6. The quantitative estimate of drug-likeness (QED) is 0.674. The Hall–Kier alpha value is -1.19. The molecule has 112 valence electrons. The summed E-state index contributed by atoms with van der Waals surface area (Å²) in [4.78, 5) is 10.1. The van der Waals surface area contributed by atoms with E-state index in [4.69, 9.17) is 5.73 Å². The minimum atomic E-state index is -3.67. The predicted octanol–water partition coefficient (Wildman–Crippen LogP) is 1.91. The molecule has 7 nitrogen and oxygen atoms in total. The Morgan fingerprint density at radius 2 is 2.20 bits per heavy atom. The smallest absolute Gasteiger partial charge is 0.304 e. The zero-order valence-corrected chi connectivity index (χ0v) is 12.9. The van der Waals surface area contributed by atoms with Crippen LogP contribution in [0.4, 0.5) is 10.7 Å². The molecule has 0 saturated carbocycles. The number of hydrogen-bond acceptors (Lipinski definition) is 6. The van der Waals surface area contributed by atoms with Crippen LogP contribution < -0.4 is 5.73 Å². The average Bonchev–Trinajstić information content (AvgIpc) is 2.94. The number of rotatable bonds is 4. The first-order valence-electron chi connectivity index (χ1n) is 6.27. The molecule has 2 N–H and O–H groups in total. The molecule has 0 spiro atoms. The molecule has 2 heterocycles. The van der Waals surface area contributed by atoms with Gasteiger partial charge in [-0.05, 0) is 18.3 Å². The number of thiophene rings is 1. The highest BCUT2D eigenvalue weighted by Crippen LogP contribution is 2.37. The Kier molecular flexibility index (Phi) is 4.03. The number of sulfonamides is 1. The van der Waals surface area contributed by atoms with E-state index in [1.54, 1.807) is 0 Å². The van der Waals surface area contributed by atoms with E-state index in [1.807, 2.05) is 0 Å². The Labute approximate surface area is 121 Å². The molecule has 1 saturated heterocycles. The highest BCUT2D eigenvalue weighted by Gasteiger charge is 2.36. The Morgan fingerprint density at radius 1 is 1.55 bits per heavy atom. The Bertz CT molecular complexity index is 624. The summed E-state index contributed by atoms with van der Waals surface area (Å²) in [6, 6.07) is 1.05. The molecule has 1 aromatic heterocycles. The molecule has 0 aliphatic carbocycles. The van der Waals surface area contributed by atoms with Crippen molar-refractivity contribution in [2.45, 2.75) is 24.5 Å². The molecule has 20 heavy (non-hydrogen) atoms. The third kappa shape index (κ3) is 2.65. The highest BCUT2D eigenvalue weighted by atomic mass is 32.2. The molecule has 0 bridgehead atoms. The first-order valence-corrected chi connectivity index (χ1v) is 8.53. The van der Waals surface area contributed by atoms with Crippen LogP contribution >= 0.6 is 11.3 Å². The molecule has 1 aromatic rings. The minimum Gasteiger partial charge on any atom is -0.385 e. The summed E-state index contributed by atoms with van der Waals surface area (Å²) in [5, 5.41) is 10.7. The first-order chi connectivity index (χ1) is 9.23. The van der Waals surface area contributed by atoms with Crippen molar-refractivity contribution in [1.82, 2.24) is 4.31 Å². The summed E-state index contributed by atoms with van der Waals surface area (Å²) in [7, 11) is -3.67. The second-order valence-corrected chi connectivity index (χ2v) is 8.48. The van der Waals surface area contributed by atoms with Gasteiger partial charge in [0, 0.05) is 19.2 Å². The lowest BCUT2D eigenvalue weighted by Crippen LogP contribution is -2.28. The Morgan fingerprint density at radius 3 is 2.65 bits per heavy atom. The lowest BCUT2D eigenvalue weighted by molar-refractivity contribution is -0.383. The van der Waals surface area contributed by atoms with Gasteiger partial charge in [-0.25, -0.2) is 8.42 Å². The molecule has 1 aliphatic heterocycles. The van der Waals surface area contributed by atoms with E-state index in [0.29, 0.717) is 24.9 Å². The summed E-state index contributed by atoms with van der Waals surface area (Å²) in [5.41, 5.74) is 5.17. The minimum absolute atomic E-state index is 0.0499. The van der Waals surface area contributed by atoms with Gasteiger partial charge in [-0.3, -0.25) is 10.1 Å². The van der Waals surface area contributed by atoms with Crippen molar-refractivity contribution in [3.8, 4) is 0 Å². The fourth-order valence-electron chi connectivity index (χ4n) is 2.29. The largest absolute Gasteiger partial charge is 0.385 e. The molecule has 9 heteroatoms. The van der Waals surface area contributed by atoms with Gasteiger partial charge in [-0.1, -0.05) is 25.2 Å². The van der Waals surface area contributed by atoms with Gasteiger partial charge in [-0.15, -0.1) is 0 Å². The molecular formula is C11H17N3O4S2. The lowest BCUT2D eigenvalue weighted by Gasteiger charge is -2.16. The van der Waals surface area contributed by atoms with Crippen molar-refractivity contribution in [1.29, 1.82) is 0 Å². The lowest BCUT2D eigenvalue weighted by atomic mass is 9.96. The summed E-state index contributed by atoms with van der Waals surface area (Å²) in [6.45, 7) is 5.05. The van der Waals surface area contributed by atoms with Gasteiger partial charge in [0.2, 0.25) is 0 Å². The van der Waals surface area contributed by atoms with Gasteiger partial charge in [0.1, 0.15) is 4.21 Å². The second kappa shape index (κ2) is 5.30. The first kappa shape index (κ1) is 15.2. The van der Waals surface area contributed by atoms with E-state index in [2.05, 4.69) is 13.8 Å². The van der Waals surface area contributed by atoms with Crippen LogP contribution in [-0.2, 0) is 10.0 Å². The van der Waals surface area contributed by atoms with Crippen molar-refractivity contribution in [3.63, 3.8) is 0 Å². The summed E-state index contributed by atoms with van der Waals surface area (Å²) in [5.74, 6) is 0.745. The van der Waals surface area contributed by atoms with Crippen LogP contribution in [0.25, 0.3) is 0 Å². The van der Waals surface area contributed by atoms with E-state index < -0.39 is 14.9 Å². The van der Waals surface area contributed by atoms with E-state index in [0.717, 1.165) is 23.8 Å². The van der Waals surface area contributed by atoms with E-state index in [1.165, 1.54) is 4.31 Å². The maximum atomic E-state index is 12.4. The number of nitrogens with two attached hydrogens (primary N) is 1. The summed E-state index contributed by atoms with van der Waals surface area (Å²) in [6.07, 6.45) is 0.819. The van der Waals surface area contributed by atoms with Gasteiger partial charge < -0.3 is 5.73 Å². The van der Waals surface area contributed by atoms with Crippen LogP contribution in [0.15, 0.2) is 10.3 Å². The van der Waals surface area contributed by atoms with Crippen molar-refractivity contribution in [2.75, 3.05) is 18.8 Å². The topological polar surface area (TPSA) is 107 Å². The van der Waals surface area contributed by atoms with Crippen LogP contribution in [0.3, 0.4) is 0 Å². The fourth-order valence-corrected chi connectivity index (χ4v) is 5.17. The van der Waals surface area contributed by atoms with Crippen LogP contribution in [0.1, 0.15) is 20.3 Å². The van der Waals surface area contributed by atoms with Crippen molar-refractivity contribution in [3.05, 3.63) is 16.2 Å². The van der Waals surface area contributed by atoms with Crippen LogP contribution in [0.2, 0.25) is 0 Å². The molecule has 1 atom stereocenters. The molecule has 1 aliphatic rings. The van der Waals surface area contributed by atoms with Crippen LogP contribution in [-0.4, -0.2) is 30.7 Å². The molecule has 0 amide bonds. The number of nitro groups is 1. The van der Waals surface area contributed by atoms with E-state index in [9.17, 15) is 18.5 Å². The number of nitrogen functional groups attached to an aromatic ring is 1. The van der Waals surface area contributed by atoms with Crippen molar-refractivity contribution in [2.24, 2.45) is 11.8 Å². The zero-order valence-electron chi connectivity index (χ0n) is 11.3. The third-order valence-electron chi connectivity index (χ3n) is 3.64. The number of hydrogen-bond donors (Lipinski definition) is 1. The summed E-state index contributed by atoms with van der Waals surface area (Å²) < 4.78 is 26.2. The number of nitrogens with zero attached hydrogens (tertiary/aromatic N) is 2. The number of anilines is 1. The molecular weight excluding hydrogens is 302 g/mol. The summed E-state index contributed by atoms with van der Waals surface area (Å²) >= 11 is 0.753. The molecule has 1 unspecified atom stereocenters. The fraction of sp³-hybridized carbons (Fsp3) is 0.636. The van der Waals surface area contributed by atoms with Gasteiger partial charge >= 0.3 is 5.69 Å². The van der Waals surface area contributed by atoms with Crippen LogP contribution in [0, 0.1) is 22.0 Å². The predicted molar refractivity (Wildman–Crippen MR) is 77.1 cm³/mol. The maximum Gasteiger partial charge on any atom is 0.304 e. The van der Waals surface area contributed by atoms with Gasteiger partial charge in [0.25, 0.3) is 10.0 Å². The SMILES string of the molecule is CC(C)C1CCN(S(=O)(=O)c2cc([N+](=O)[O-])c(N)s2)C1. The van der Waals surface area contributed by atoms with Crippen molar-refractivity contribution >= 4 is 32.0 Å². The molecule has 0 radical (unpaired) electrons. The maximum absolute atomic E-state index is 12.4.